The van der Waals surface area contributed by atoms with Crippen LogP contribution in [0, 0.1) is 13.8 Å². The SMILES string of the molecule is Cc1nn(-c2ccccc2)c(C)c1CNCc1ccccc1Cl. The lowest BCUT2D eigenvalue weighted by Crippen LogP contribution is -2.14. The van der Waals surface area contributed by atoms with Crippen LogP contribution in [0.1, 0.15) is 22.5 Å². The molecule has 0 spiro atoms. The fourth-order valence-electron chi connectivity index (χ4n) is 2.72. The number of para-hydroxylation sites is 1. The summed E-state index contributed by atoms with van der Waals surface area (Å²) in [5, 5.41) is 8.94. The van der Waals surface area contributed by atoms with Crippen LogP contribution in [0.4, 0.5) is 0 Å². The molecule has 118 valence electrons. The third-order valence-electron chi connectivity index (χ3n) is 4.02. The molecule has 3 rings (SSSR count). The highest BCUT2D eigenvalue weighted by molar-refractivity contribution is 6.31. The fraction of sp³-hybridized carbons (Fsp3) is 0.211. The minimum atomic E-state index is 0.745. The highest BCUT2D eigenvalue weighted by Gasteiger charge is 2.12. The zero-order chi connectivity index (χ0) is 16.2. The first-order valence-electron chi connectivity index (χ1n) is 7.71. The molecule has 0 saturated carbocycles. The molecule has 4 heteroatoms. The number of benzene rings is 2. The van der Waals surface area contributed by atoms with Crippen molar-refractivity contribution in [1.82, 2.24) is 15.1 Å². The average Bonchev–Trinajstić information content (AvgIpc) is 2.85. The molecule has 2 aromatic carbocycles. The van der Waals surface area contributed by atoms with Crippen LogP contribution in [0.25, 0.3) is 5.69 Å². The standard InChI is InChI=1S/C19H20ClN3/c1-14-18(13-21-12-16-8-6-7-11-19(16)20)15(2)23(22-14)17-9-4-3-5-10-17/h3-11,21H,12-13H2,1-2H3. The van der Waals surface area contributed by atoms with E-state index < -0.39 is 0 Å². The van der Waals surface area contributed by atoms with E-state index in [9.17, 15) is 0 Å². The van der Waals surface area contributed by atoms with Gasteiger partial charge in [-0.15, -0.1) is 0 Å². The maximum atomic E-state index is 6.20. The maximum Gasteiger partial charge on any atom is 0.0648 e. The molecule has 3 aromatic rings. The zero-order valence-electron chi connectivity index (χ0n) is 13.4. The van der Waals surface area contributed by atoms with E-state index in [1.165, 1.54) is 11.3 Å². The minimum absolute atomic E-state index is 0.745. The number of halogens is 1. The Kier molecular flexibility index (Phi) is 4.79. The Morgan fingerprint density at radius 1 is 0.957 bits per heavy atom. The van der Waals surface area contributed by atoms with E-state index in [4.69, 9.17) is 11.6 Å². The van der Waals surface area contributed by atoms with E-state index in [0.29, 0.717) is 0 Å². The lowest BCUT2D eigenvalue weighted by atomic mass is 10.1. The summed E-state index contributed by atoms with van der Waals surface area (Å²) in [5.74, 6) is 0. The molecule has 3 nitrogen and oxygen atoms in total. The van der Waals surface area contributed by atoms with Gasteiger partial charge in [-0.05, 0) is 37.6 Å². The van der Waals surface area contributed by atoms with Crippen molar-refractivity contribution in [2.75, 3.05) is 0 Å². The van der Waals surface area contributed by atoms with Gasteiger partial charge >= 0.3 is 0 Å². The van der Waals surface area contributed by atoms with Crippen molar-refractivity contribution in [3.05, 3.63) is 82.1 Å². The molecule has 0 amide bonds. The Labute approximate surface area is 141 Å². The van der Waals surface area contributed by atoms with Crippen LogP contribution in [-0.2, 0) is 13.1 Å². The minimum Gasteiger partial charge on any atom is -0.308 e. The van der Waals surface area contributed by atoms with Gasteiger partial charge in [-0.2, -0.15) is 5.10 Å². The fourth-order valence-corrected chi connectivity index (χ4v) is 2.92. The molecule has 0 aliphatic rings. The van der Waals surface area contributed by atoms with Crippen molar-refractivity contribution in [2.45, 2.75) is 26.9 Å². The van der Waals surface area contributed by atoms with Gasteiger partial charge in [0.1, 0.15) is 0 Å². The molecule has 1 aromatic heterocycles. The summed E-state index contributed by atoms with van der Waals surface area (Å²) in [6.07, 6.45) is 0. The number of hydrogen-bond donors (Lipinski definition) is 1. The van der Waals surface area contributed by atoms with Crippen LogP contribution in [-0.4, -0.2) is 9.78 Å². The summed E-state index contributed by atoms with van der Waals surface area (Å²) in [4.78, 5) is 0. The van der Waals surface area contributed by atoms with Crippen molar-refractivity contribution in [3.63, 3.8) is 0 Å². The van der Waals surface area contributed by atoms with Crippen LogP contribution < -0.4 is 5.32 Å². The van der Waals surface area contributed by atoms with E-state index in [2.05, 4.69) is 36.4 Å². The monoisotopic (exact) mass is 325 g/mol. The van der Waals surface area contributed by atoms with Crippen LogP contribution in [0.5, 0.6) is 0 Å². The second-order valence-corrected chi connectivity index (χ2v) is 6.00. The Morgan fingerprint density at radius 2 is 1.65 bits per heavy atom. The van der Waals surface area contributed by atoms with Crippen molar-refractivity contribution in [3.8, 4) is 5.69 Å². The van der Waals surface area contributed by atoms with Gasteiger partial charge in [-0.3, -0.25) is 0 Å². The molecule has 0 aliphatic heterocycles. The van der Waals surface area contributed by atoms with Gasteiger partial charge < -0.3 is 5.32 Å². The van der Waals surface area contributed by atoms with E-state index >= 15 is 0 Å². The van der Waals surface area contributed by atoms with Crippen molar-refractivity contribution >= 4 is 11.6 Å². The zero-order valence-corrected chi connectivity index (χ0v) is 14.1. The van der Waals surface area contributed by atoms with Gasteiger partial charge in [0, 0.05) is 29.4 Å². The molecule has 0 atom stereocenters. The van der Waals surface area contributed by atoms with Crippen LogP contribution in [0.2, 0.25) is 5.02 Å². The second kappa shape index (κ2) is 6.99. The summed E-state index contributed by atoms with van der Waals surface area (Å²) >= 11 is 6.20. The molecular weight excluding hydrogens is 306 g/mol. The van der Waals surface area contributed by atoms with Crippen LogP contribution in [0.15, 0.2) is 54.6 Å². The lowest BCUT2D eigenvalue weighted by Gasteiger charge is -2.08. The Morgan fingerprint density at radius 3 is 2.39 bits per heavy atom. The van der Waals surface area contributed by atoms with E-state index in [-0.39, 0.29) is 0 Å². The van der Waals surface area contributed by atoms with Crippen molar-refractivity contribution < 1.29 is 0 Å². The third kappa shape index (κ3) is 3.46. The highest BCUT2D eigenvalue weighted by Crippen LogP contribution is 2.18. The van der Waals surface area contributed by atoms with Crippen LogP contribution >= 0.6 is 11.6 Å². The van der Waals surface area contributed by atoms with Gasteiger partial charge in [0.2, 0.25) is 0 Å². The van der Waals surface area contributed by atoms with Crippen molar-refractivity contribution in [1.29, 1.82) is 0 Å². The Bertz CT molecular complexity index is 794. The molecule has 23 heavy (non-hydrogen) atoms. The molecule has 0 bridgehead atoms. The largest absolute Gasteiger partial charge is 0.308 e. The normalized spacial score (nSPS) is 10.9. The van der Waals surface area contributed by atoms with E-state index in [1.807, 2.05) is 47.1 Å². The van der Waals surface area contributed by atoms with Gasteiger partial charge in [0.05, 0.1) is 11.4 Å². The maximum absolute atomic E-state index is 6.20. The molecule has 0 aliphatic carbocycles. The lowest BCUT2D eigenvalue weighted by molar-refractivity contribution is 0.687. The predicted octanol–water partition coefficient (Wildman–Crippen LogP) is 4.43. The van der Waals surface area contributed by atoms with Gasteiger partial charge in [0.25, 0.3) is 0 Å². The second-order valence-electron chi connectivity index (χ2n) is 5.59. The molecular formula is C19H20ClN3. The molecule has 0 unspecified atom stereocenters. The number of hydrogen-bond acceptors (Lipinski definition) is 2. The number of aromatic nitrogens is 2. The Hall–Kier alpha value is -2.10. The number of aryl methyl sites for hydroxylation is 1. The molecule has 1 N–H and O–H groups in total. The third-order valence-corrected chi connectivity index (χ3v) is 4.39. The van der Waals surface area contributed by atoms with Gasteiger partial charge in [-0.1, -0.05) is 48.0 Å². The molecule has 0 fully saturated rings. The first-order valence-corrected chi connectivity index (χ1v) is 8.09. The number of rotatable bonds is 5. The summed E-state index contributed by atoms with van der Waals surface area (Å²) < 4.78 is 2.00. The summed E-state index contributed by atoms with van der Waals surface area (Å²) in [6, 6.07) is 18.1. The Balaban J connectivity index is 1.74. The summed E-state index contributed by atoms with van der Waals surface area (Å²) in [7, 11) is 0. The predicted molar refractivity (Wildman–Crippen MR) is 95.0 cm³/mol. The number of nitrogens with one attached hydrogen (secondary N) is 1. The van der Waals surface area contributed by atoms with Gasteiger partial charge in [0.15, 0.2) is 0 Å². The number of nitrogens with zero attached hydrogens (tertiary/aromatic N) is 2. The highest BCUT2D eigenvalue weighted by atomic mass is 35.5. The topological polar surface area (TPSA) is 29.9 Å². The summed E-state index contributed by atoms with van der Waals surface area (Å²) in [5.41, 5.74) is 5.66. The quantitative estimate of drug-likeness (QED) is 0.752. The molecule has 1 heterocycles. The molecule has 0 saturated heterocycles. The van der Waals surface area contributed by atoms with Crippen LogP contribution in [0.3, 0.4) is 0 Å². The van der Waals surface area contributed by atoms with E-state index in [0.717, 1.165) is 35.1 Å². The first-order chi connectivity index (χ1) is 11.2. The van der Waals surface area contributed by atoms with Crippen molar-refractivity contribution in [2.24, 2.45) is 0 Å². The first kappa shape index (κ1) is 15.8. The van der Waals surface area contributed by atoms with E-state index in [1.54, 1.807) is 0 Å². The molecule has 0 radical (unpaired) electrons. The van der Waals surface area contributed by atoms with Gasteiger partial charge in [-0.25, -0.2) is 4.68 Å². The average molecular weight is 326 g/mol. The smallest absolute Gasteiger partial charge is 0.0648 e. The summed E-state index contributed by atoms with van der Waals surface area (Å²) in [6.45, 7) is 5.68.